The number of ether oxygens (including phenoxy) is 1. The topological polar surface area (TPSA) is 37.0 Å². The second-order valence-corrected chi connectivity index (χ2v) is 4.34. The van der Waals surface area contributed by atoms with Crippen LogP contribution in [0.4, 0.5) is 0 Å². The van der Waals surface area contributed by atoms with Gasteiger partial charge in [0, 0.05) is 24.8 Å². The Balaban J connectivity index is 2.02. The molecule has 1 aliphatic heterocycles. The van der Waals surface area contributed by atoms with Gasteiger partial charge in [0.25, 0.3) is 0 Å². The van der Waals surface area contributed by atoms with Crippen LogP contribution in [0.3, 0.4) is 0 Å². The van der Waals surface area contributed by atoms with E-state index in [4.69, 9.17) is 4.74 Å². The molecule has 0 saturated carbocycles. The lowest BCUT2D eigenvalue weighted by atomic mass is 10.0. The zero-order chi connectivity index (χ0) is 11.0. The third-order valence-corrected chi connectivity index (χ3v) is 3.18. The highest BCUT2D eigenvalue weighted by atomic mass is 16.5. The summed E-state index contributed by atoms with van der Waals surface area (Å²) in [6.07, 6.45) is 2.19. The monoisotopic (exact) mass is 216 g/mol. The minimum absolute atomic E-state index is 0.201. The first-order valence-electron chi connectivity index (χ1n) is 5.74. The summed E-state index contributed by atoms with van der Waals surface area (Å²) in [5.41, 5.74) is 3.79. The van der Waals surface area contributed by atoms with Crippen LogP contribution in [0, 0.1) is 6.92 Å². The number of fused-ring (bicyclic) bond motifs is 1. The summed E-state index contributed by atoms with van der Waals surface area (Å²) in [7, 11) is 0. The van der Waals surface area contributed by atoms with Gasteiger partial charge in [-0.3, -0.25) is 0 Å². The maximum absolute atomic E-state index is 5.77. The molecule has 1 atom stereocenters. The Bertz CT molecular complexity index is 498. The molecule has 84 valence electrons. The maximum atomic E-state index is 5.77. The molecule has 1 aliphatic rings. The van der Waals surface area contributed by atoms with E-state index < -0.39 is 0 Å². The fraction of sp³-hybridized carbons (Fsp3) is 0.385. The Morgan fingerprint density at radius 3 is 3.12 bits per heavy atom. The largest absolute Gasteiger partial charge is 0.371 e. The zero-order valence-electron chi connectivity index (χ0n) is 9.42. The number of H-pyrrole nitrogens is 1. The van der Waals surface area contributed by atoms with E-state index in [-0.39, 0.29) is 6.10 Å². The third kappa shape index (κ3) is 1.62. The van der Waals surface area contributed by atoms with Gasteiger partial charge in [0.1, 0.15) is 0 Å². The standard InChI is InChI=1S/C13H16N2O/c1-9-6-11(12-8-14-4-5-16-12)7-10-2-3-15-13(9)10/h2-3,6-7,12,14-15H,4-5,8H2,1H3. The Kier molecular flexibility index (Phi) is 2.42. The van der Waals surface area contributed by atoms with Gasteiger partial charge in [-0.1, -0.05) is 6.07 Å². The lowest BCUT2D eigenvalue weighted by molar-refractivity contribution is 0.0277. The van der Waals surface area contributed by atoms with E-state index in [1.165, 1.54) is 22.0 Å². The lowest BCUT2D eigenvalue weighted by Gasteiger charge is -2.24. The second kappa shape index (κ2) is 3.92. The first-order chi connectivity index (χ1) is 7.84. The first-order valence-corrected chi connectivity index (χ1v) is 5.74. The van der Waals surface area contributed by atoms with Crippen LogP contribution in [-0.2, 0) is 4.74 Å². The molecule has 0 bridgehead atoms. The van der Waals surface area contributed by atoms with Crippen molar-refractivity contribution in [3.8, 4) is 0 Å². The van der Waals surface area contributed by atoms with E-state index in [1.807, 2.05) is 6.20 Å². The molecule has 3 heteroatoms. The average Bonchev–Trinajstić information content (AvgIpc) is 2.79. The summed E-state index contributed by atoms with van der Waals surface area (Å²) in [6, 6.07) is 6.55. The molecule has 2 N–H and O–H groups in total. The van der Waals surface area contributed by atoms with Crippen LogP contribution in [-0.4, -0.2) is 24.7 Å². The van der Waals surface area contributed by atoms with Crippen molar-refractivity contribution in [3.63, 3.8) is 0 Å². The highest BCUT2D eigenvalue weighted by Gasteiger charge is 2.16. The van der Waals surface area contributed by atoms with Crippen LogP contribution in [0.15, 0.2) is 24.4 Å². The quantitative estimate of drug-likeness (QED) is 0.766. The maximum Gasteiger partial charge on any atom is 0.0950 e. The number of hydrogen-bond acceptors (Lipinski definition) is 2. The molecule has 1 fully saturated rings. The number of morpholine rings is 1. The van der Waals surface area contributed by atoms with Crippen molar-refractivity contribution in [2.45, 2.75) is 13.0 Å². The Morgan fingerprint density at radius 2 is 2.31 bits per heavy atom. The third-order valence-electron chi connectivity index (χ3n) is 3.18. The van der Waals surface area contributed by atoms with Gasteiger partial charge in [0.2, 0.25) is 0 Å². The van der Waals surface area contributed by atoms with Crippen molar-refractivity contribution in [2.75, 3.05) is 19.7 Å². The number of hydrogen-bond donors (Lipinski definition) is 2. The lowest BCUT2D eigenvalue weighted by Crippen LogP contribution is -2.33. The van der Waals surface area contributed by atoms with Crippen LogP contribution in [0.2, 0.25) is 0 Å². The minimum Gasteiger partial charge on any atom is -0.371 e. The fourth-order valence-electron chi connectivity index (χ4n) is 2.35. The van der Waals surface area contributed by atoms with Gasteiger partial charge in [-0.05, 0) is 35.6 Å². The number of aromatic nitrogens is 1. The molecule has 2 aromatic rings. The smallest absolute Gasteiger partial charge is 0.0950 e. The first kappa shape index (κ1) is 9.87. The van der Waals surface area contributed by atoms with Gasteiger partial charge in [-0.2, -0.15) is 0 Å². The minimum atomic E-state index is 0.201. The van der Waals surface area contributed by atoms with Crippen LogP contribution in [0.1, 0.15) is 17.2 Å². The van der Waals surface area contributed by atoms with E-state index in [0.29, 0.717) is 0 Å². The zero-order valence-corrected chi connectivity index (χ0v) is 9.42. The van der Waals surface area contributed by atoms with Gasteiger partial charge >= 0.3 is 0 Å². The van der Waals surface area contributed by atoms with Gasteiger partial charge in [0.15, 0.2) is 0 Å². The molecule has 1 saturated heterocycles. The van der Waals surface area contributed by atoms with Gasteiger partial charge in [-0.25, -0.2) is 0 Å². The Labute approximate surface area is 94.8 Å². The van der Waals surface area contributed by atoms with Crippen molar-refractivity contribution in [2.24, 2.45) is 0 Å². The van der Waals surface area contributed by atoms with Crippen LogP contribution in [0.5, 0.6) is 0 Å². The average molecular weight is 216 g/mol. The molecule has 3 rings (SSSR count). The molecule has 1 unspecified atom stereocenters. The molecule has 1 aromatic heterocycles. The van der Waals surface area contributed by atoms with E-state index in [2.05, 4.69) is 35.4 Å². The molecule has 2 heterocycles. The molecular formula is C13H16N2O. The molecule has 0 amide bonds. The summed E-state index contributed by atoms with van der Waals surface area (Å²) in [6.45, 7) is 4.81. The van der Waals surface area contributed by atoms with Crippen LogP contribution in [0.25, 0.3) is 10.9 Å². The normalized spacial score (nSPS) is 21.4. The van der Waals surface area contributed by atoms with E-state index in [1.54, 1.807) is 0 Å². The number of aryl methyl sites for hydroxylation is 1. The summed E-state index contributed by atoms with van der Waals surface area (Å²) < 4.78 is 5.77. The van der Waals surface area contributed by atoms with E-state index in [9.17, 15) is 0 Å². The molecule has 0 spiro atoms. The number of aromatic amines is 1. The molecule has 1 aromatic carbocycles. The summed E-state index contributed by atoms with van der Waals surface area (Å²) in [5.74, 6) is 0. The van der Waals surface area contributed by atoms with Crippen molar-refractivity contribution >= 4 is 10.9 Å². The predicted octanol–water partition coefficient (Wildman–Crippen LogP) is 2.14. The van der Waals surface area contributed by atoms with Crippen molar-refractivity contribution in [1.82, 2.24) is 10.3 Å². The van der Waals surface area contributed by atoms with E-state index in [0.717, 1.165) is 19.7 Å². The SMILES string of the molecule is Cc1cc(C2CNCCO2)cc2cc[nH]c12. The molecule has 16 heavy (non-hydrogen) atoms. The fourth-order valence-corrected chi connectivity index (χ4v) is 2.35. The Morgan fingerprint density at radius 1 is 1.38 bits per heavy atom. The summed E-state index contributed by atoms with van der Waals surface area (Å²) in [5, 5.41) is 4.63. The van der Waals surface area contributed by atoms with Crippen molar-refractivity contribution in [1.29, 1.82) is 0 Å². The van der Waals surface area contributed by atoms with Gasteiger partial charge in [-0.15, -0.1) is 0 Å². The van der Waals surface area contributed by atoms with Crippen LogP contribution >= 0.6 is 0 Å². The van der Waals surface area contributed by atoms with Crippen molar-refractivity contribution in [3.05, 3.63) is 35.5 Å². The van der Waals surface area contributed by atoms with Gasteiger partial charge < -0.3 is 15.0 Å². The van der Waals surface area contributed by atoms with E-state index >= 15 is 0 Å². The number of benzene rings is 1. The molecular weight excluding hydrogens is 200 g/mol. The predicted molar refractivity (Wildman–Crippen MR) is 64.6 cm³/mol. The second-order valence-electron chi connectivity index (χ2n) is 4.34. The number of nitrogens with one attached hydrogen (secondary N) is 2. The Hall–Kier alpha value is -1.32. The molecule has 3 nitrogen and oxygen atoms in total. The van der Waals surface area contributed by atoms with Crippen molar-refractivity contribution < 1.29 is 4.74 Å². The molecule has 0 radical (unpaired) electrons. The summed E-state index contributed by atoms with van der Waals surface area (Å²) in [4.78, 5) is 3.26. The van der Waals surface area contributed by atoms with Crippen LogP contribution < -0.4 is 5.32 Å². The summed E-state index contributed by atoms with van der Waals surface area (Å²) >= 11 is 0. The highest BCUT2D eigenvalue weighted by molar-refractivity contribution is 5.83. The molecule has 0 aliphatic carbocycles. The number of rotatable bonds is 1. The van der Waals surface area contributed by atoms with Gasteiger partial charge in [0.05, 0.1) is 12.7 Å². The highest BCUT2D eigenvalue weighted by Crippen LogP contribution is 2.25.